The van der Waals surface area contributed by atoms with Crippen molar-refractivity contribution in [3.05, 3.63) is 53.3 Å². The molecule has 0 spiro atoms. The Morgan fingerprint density at radius 2 is 2.15 bits per heavy atom. The summed E-state index contributed by atoms with van der Waals surface area (Å²) in [6.45, 7) is 3.91. The van der Waals surface area contributed by atoms with Crippen molar-refractivity contribution in [3.8, 4) is 0 Å². The highest BCUT2D eigenvalue weighted by Crippen LogP contribution is 2.17. The Morgan fingerprint density at radius 1 is 1.35 bits per heavy atom. The second kappa shape index (κ2) is 6.16. The first-order chi connectivity index (χ1) is 9.63. The quantitative estimate of drug-likeness (QED) is 0.589. The van der Waals surface area contributed by atoms with E-state index in [9.17, 15) is 4.79 Å². The van der Waals surface area contributed by atoms with E-state index in [1.165, 1.54) is 11.8 Å². The Morgan fingerprint density at radius 3 is 2.85 bits per heavy atom. The van der Waals surface area contributed by atoms with E-state index in [-0.39, 0.29) is 5.91 Å². The van der Waals surface area contributed by atoms with Crippen molar-refractivity contribution in [1.29, 1.82) is 0 Å². The van der Waals surface area contributed by atoms with E-state index in [0.717, 1.165) is 17.8 Å². The molecule has 5 heteroatoms. The minimum Gasteiger partial charge on any atom is -0.323 e. The first kappa shape index (κ1) is 14.0. The van der Waals surface area contributed by atoms with Gasteiger partial charge in [-0.15, -0.1) is 0 Å². The Balaban J connectivity index is 2.23. The highest BCUT2D eigenvalue weighted by molar-refractivity contribution is 6.07. The van der Waals surface area contributed by atoms with E-state index in [1.54, 1.807) is 6.07 Å². The lowest BCUT2D eigenvalue weighted by Gasteiger charge is -2.10. The number of nitrogen functional groups attached to an aromatic ring is 1. The van der Waals surface area contributed by atoms with E-state index in [0.29, 0.717) is 11.3 Å². The summed E-state index contributed by atoms with van der Waals surface area (Å²) in [7, 11) is 0. The number of carbonyl (C=O) groups excluding carboxylic acids is 1. The zero-order chi connectivity index (χ0) is 14.5. The molecule has 5 nitrogen and oxygen atoms in total. The average molecular weight is 270 g/mol. The van der Waals surface area contributed by atoms with E-state index in [1.807, 2.05) is 31.2 Å². The van der Waals surface area contributed by atoms with Gasteiger partial charge in [-0.25, -0.2) is 0 Å². The number of hydrogen-bond donors (Lipinski definition) is 3. The Hall–Kier alpha value is -2.40. The van der Waals surface area contributed by atoms with Gasteiger partial charge in [0.1, 0.15) is 0 Å². The number of amides is 1. The molecule has 1 heterocycles. The fraction of sp³-hybridized carbons (Fsp3) is 0.200. The Bertz CT molecular complexity index is 625. The third-order valence-corrected chi connectivity index (χ3v) is 3.03. The molecule has 0 aliphatic rings. The molecule has 1 aromatic carbocycles. The van der Waals surface area contributed by atoms with Crippen LogP contribution in [-0.4, -0.2) is 10.9 Å². The van der Waals surface area contributed by atoms with Gasteiger partial charge in [0.15, 0.2) is 0 Å². The van der Waals surface area contributed by atoms with Gasteiger partial charge >= 0.3 is 0 Å². The predicted octanol–water partition coefficient (Wildman–Crippen LogP) is 2.49. The number of aryl methyl sites for hydroxylation is 2. The number of nitrogens with one attached hydrogen (secondary N) is 2. The zero-order valence-corrected chi connectivity index (χ0v) is 11.6. The normalized spacial score (nSPS) is 10.2. The van der Waals surface area contributed by atoms with Gasteiger partial charge in [0.2, 0.25) is 0 Å². The molecule has 2 aromatic rings. The molecule has 0 saturated carbocycles. The Kier molecular flexibility index (Phi) is 4.32. The number of rotatable bonds is 4. The van der Waals surface area contributed by atoms with Crippen LogP contribution in [0.4, 0.5) is 11.4 Å². The fourth-order valence-corrected chi connectivity index (χ4v) is 1.93. The molecular weight excluding hydrogens is 252 g/mol. The van der Waals surface area contributed by atoms with E-state index < -0.39 is 0 Å². The molecule has 0 radical (unpaired) electrons. The third-order valence-electron chi connectivity index (χ3n) is 3.03. The van der Waals surface area contributed by atoms with Crippen LogP contribution in [0.5, 0.6) is 0 Å². The molecule has 0 aliphatic carbocycles. The first-order valence-electron chi connectivity index (χ1n) is 6.47. The number of benzene rings is 1. The zero-order valence-electron chi connectivity index (χ0n) is 11.6. The van der Waals surface area contributed by atoms with Crippen molar-refractivity contribution >= 4 is 17.3 Å². The number of aromatic nitrogens is 1. The molecule has 104 valence electrons. The standard InChI is InChI=1S/C15H18N4O/c1-3-11-5-4-6-12(8-11)18-15(20)13-9-17-10(2)7-14(13)19-16/h4-9H,3,16H2,1-2H3,(H,17,19)(H,18,20). The minimum atomic E-state index is -0.237. The van der Waals surface area contributed by atoms with Gasteiger partial charge in [0, 0.05) is 17.6 Å². The highest BCUT2D eigenvalue weighted by atomic mass is 16.1. The lowest BCUT2D eigenvalue weighted by Crippen LogP contribution is -2.18. The van der Waals surface area contributed by atoms with Crippen molar-refractivity contribution in [1.82, 2.24) is 4.98 Å². The van der Waals surface area contributed by atoms with Crippen LogP contribution in [0, 0.1) is 6.92 Å². The summed E-state index contributed by atoms with van der Waals surface area (Å²) < 4.78 is 0. The lowest BCUT2D eigenvalue weighted by atomic mass is 10.1. The molecule has 0 unspecified atom stereocenters. The molecule has 1 amide bonds. The van der Waals surface area contributed by atoms with E-state index >= 15 is 0 Å². The van der Waals surface area contributed by atoms with Crippen molar-refractivity contribution in [2.45, 2.75) is 20.3 Å². The van der Waals surface area contributed by atoms with Crippen LogP contribution in [0.1, 0.15) is 28.5 Å². The average Bonchev–Trinajstić information content (AvgIpc) is 2.47. The van der Waals surface area contributed by atoms with Gasteiger partial charge < -0.3 is 10.7 Å². The van der Waals surface area contributed by atoms with Crippen LogP contribution in [-0.2, 0) is 6.42 Å². The minimum absolute atomic E-state index is 0.237. The summed E-state index contributed by atoms with van der Waals surface area (Å²) in [5.74, 6) is 5.20. The Labute approximate surface area is 118 Å². The number of nitrogens with zero attached hydrogens (tertiary/aromatic N) is 1. The van der Waals surface area contributed by atoms with Crippen LogP contribution in [0.25, 0.3) is 0 Å². The summed E-state index contributed by atoms with van der Waals surface area (Å²) in [6, 6.07) is 9.49. The van der Waals surface area contributed by atoms with Crippen molar-refractivity contribution < 1.29 is 4.79 Å². The van der Waals surface area contributed by atoms with Crippen LogP contribution in [0.3, 0.4) is 0 Å². The lowest BCUT2D eigenvalue weighted by molar-refractivity contribution is 0.102. The van der Waals surface area contributed by atoms with Crippen molar-refractivity contribution in [2.24, 2.45) is 5.84 Å². The van der Waals surface area contributed by atoms with Crippen LogP contribution < -0.4 is 16.6 Å². The summed E-state index contributed by atoms with van der Waals surface area (Å²) in [6.07, 6.45) is 2.44. The molecule has 0 aliphatic heterocycles. The first-order valence-corrected chi connectivity index (χ1v) is 6.47. The van der Waals surface area contributed by atoms with Gasteiger partial charge in [0.05, 0.1) is 11.3 Å². The van der Waals surface area contributed by atoms with E-state index in [2.05, 4.69) is 22.7 Å². The third kappa shape index (κ3) is 3.13. The molecule has 20 heavy (non-hydrogen) atoms. The maximum atomic E-state index is 12.3. The number of hydrogen-bond acceptors (Lipinski definition) is 4. The van der Waals surface area contributed by atoms with Crippen molar-refractivity contribution in [3.63, 3.8) is 0 Å². The largest absolute Gasteiger partial charge is 0.323 e. The molecule has 0 saturated heterocycles. The number of anilines is 2. The summed E-state index contributed by atoms with van der Waals surface area (Å²) in [5, 5.41) is 2.85. The van der Waals surface area contributed by atoms with Crippen LogP contribution >= 0.6 is 0 Å². The summed E-state index contributed by atoms with van der Waals surface area (Å²) in [4.78, 5) is 16.4. The van der Waals surface area contributed by atoms with Gasteiger partial charge in [-0.05, 0) is 37.1 Å². The summed E-state index contributed by atoms with van der Waals surface area (Å²) >= 11 is 0. The molecule has 1 aromatic heterocycles. The molecule has 4 N–H and O–H groups in total. The van der Waals surface area contributed by atoms with Crippen LogP contribution in [0.2, 0.25) is 0 Å². The van der Waals surface area contributed by atoms with Crippen molar-refractivity contribution in [2.75, 3.05) is 10.7 Å². The summed E-state index contributed by atoms with van der Waals surface area (Å²) in [5.41, 5.74) is 6.22. The van der Waals surface area contributed by atoms with E-state index in [4.69, 9.17) is 5.84 Å². The monoisotopic (exact) mass is 270 g/mol. The van der Waals surface area contributed by atoms with Crippen LogP contribution in [0.15, 0.2) is 36.5 Å². The molecule has 0 atom stereocenters. The van der Waals surface area contributed by atoms with Gasteiger partial charge in [0.25, 0.3) is 5.91 Å². The number of pyridine rings is 1. The van der Waals surface area contributed by atoms with Gasteiger partial charge in [-0.2, -0.15) is 0 Å². The second-order valence-corrected chi connectivity index (χ2v) is 4.52. The van der Waals surface area contributed by atoms with Gasteiger partial charge in [-0.1, -0.05) is 19.1 Å². The van der Waals surface area contributed by atoms with Gasteiger partial charge in [-0.3, -0.25) is 15.6 Å². The maximum absolute atomic E-state index is 12.3. The molecule has 0 fully saturated rings. The molecular formula is C15H18N4O. The highest BCUT2D eigenvalue weighted by Gasteiger charge is 2.12. The number of nitrogens with two attached hydrogens (primary N) is 1. The molecule has 2 rings (SSSR count). The second-order valence-electron chi connectivity index (χ2n) is 4.52. The molecule has 0 bridgehead atoms. The SMILES string of the molecule is CCc1cccc(NC(=O)c2cnc(C)cc2NN)c1. The maximum Gasteiger partial charge on any atom is 0.259 e. The topological polar surface area (TPSA) is 80.0 Å². The fourth-order valence-electron chi connectivity index (χ4n) is 1.93. The number of carbonyl (C=O) groups is 1. The smallest absolute Gasteiger partial charge is 0.259 e. The number of hydrazine groups is 1. The predicted molar refractivity (Wildman–Crippen MR) is 80.6 cm³/mol.